The van der Waals surface area contributed by atoms with Gasteiger partial charge in [-0.05, 0) is 48.9 Å². The Morgan fingerprint density at radius 2 is 2.15 bits per heavy atom. The van der Waals surface area contributed by atoms with Crippen LogP contribution >= 0.6 is 0 Å². The van der Waals surface area contributed by atoms with Crippen LogP contribution in [0.5, 0.6) is 11.5 Å². The zero-order chi connectivity index (χ0) is 18.5. The average molecular weight is 362 g/mol. The number of carbonyl (C=O) groups excluding carboxylic acids is 1. The number of H-pyrrole nitrogens is 1. The number of fused-ring (bicyclic) bond motifs is 4. The molecule has 2 aromatic carbocycles. The SMILES string of the molecule is COc1ccc2[nH]c3c(c2c1)CN(C(=O)c1ccc2c(c1)CC(C)O2)CC3. The van der Waals surface area contributed by atoms with Gasteiger partial charge in [0.05, 0.1) is 7.11 Å². The summed E-state index contributed by atoms with van der Waals surface area (Å²) in [5, 5.41) is 1.14. The maximum absolute atomic E-state index is 13.1. The number of ether oxygens (including phenoxy) is 2. The van der Waals surface area contributed by atoms with Gasteiger partial charge in [-0.25, -0.2) is 0 Å². The summed E-state index contributed by atoms with van der Waals surface area (Å²) < 4.78 is 11.1. The Bertz CT molecular complexity index is 1050. The first-order valence-corrected chi connectivity index (χ1v) is 9.38. The molecular weight excluding hydrogens is 340 g/mol. The highest BCUT2D eigenvalue weighted by Gasteiger charge is 2.27. The van der Waals surface area contributed by atoms with Crippen LogP contribution in [0.25, 0.3) is 10.9 Å². The van der Waals surface area contributed by atoms with Crippen molar-refractivity contribution in [1.82, 2.24) is 9.88 Å². The van der Waals surface area contributed by atoms with Crippen LogP contribution in [0.2, 0.25) is 0 Å². The second-order valence-corrected chi connectivity index (χ2v) is 7.43. The van der Waals surface area contributed by atoms with Crippen LogP contribution in [0.4, 0.5) is 0 Å². The molecule has 0 radical (unpaired) electrons. The monoisotopic (exact) mass is 362 g/mol. The van der Waals surface area contributed by atoms with Crippen LogP contribution in [0.1, 0.15) is 34.1 Å². The molecule has 5 heteroatoms. The highest BCUT2D eigenvalue weighted by atomic mass is 16.5. The molecule has 0 saturated carbocycles. The van der Waals surface area contributed by atoms with E-state index in [0.29, 0.717) is 6.54 Å². The molecule has 5 rings (SSSR count). The largest absolute Gasteiger partial charge is 0.497 e. The van der Waals surface area contributed by atoms with Gasteiger partial charge in [-0.15, -0.1) is 0 Å². The number of rotatable bonds is 2. The van der Waals surface area contributed by atoms with E-state index < -0.39 is 0 Å². The van der Waals surface area contributed by atoms with E-state index in [2.05, 4.69) is 11.9 Å². The van der Waals surface area contributed by atoms with Crippen molar-refractivity contribution in [2.75, 3.05) is 13.7 Å². The van der Waals surface area contributed by atoms with Crippen molar-refractivity contribution in [3.05, 3.63) is 58.8 Å². The summed E-state index contributed by atoms with van der Waals surface area (Å²) in [5.41, 5.74) is 5.38. The predicted molar refractivity (Wildman–Crippen MR) is 104 cm³/mol. The number of hydrogen-bond donors (Lipinski definition) is 1. The molecule has 1 unspecified atom stereocenters. The second kappa shape index (κ2) is 6.05. The molecule has 1 atom stereocenters. The maximum Gasteiger partial charge on any atom is 0.254 e. The van der Waals surface area contributed by atoms with Gasteiger partial charge in [-0.2, -0.15) is 0 Å². The summed E-state index contributed by atoms with van der Waals surface area (Å²) in [6.45, 7) is 3.39. The van der Waals surface area contributed by atoms with Crippen molar-refractivity contribution in [2.45, 2.75) is 32.4 Å². The Kier molecular flexibility index (Phi) is 3.64. The topological polar surface area (TPSA) is 54.6 Å². The number of nitrogens with one attached hydrogen (secondary N) is 1. The summed E-state index contributed by atoms with van der Waals surface area (Å²) >= 11 is 0. The van der Waals surface area contributed by atoms with E-state index in [1.54, 1.807) is 7.11 Å². The van der Waals surface area contributed by atoms with E-state index in [-0.39, 0.29) is 12.0 Å². The number of aromatic nitrogens is 1. The van der Waals surface area contributed by atoms with Crippen LogP contribution in [0.3, 0.4) is 0 Å². The van der Waals surface area contributed by atoms with E-state index in [4.69, 9.17) is 9.47 Å². The molecule has 0 saturated heterocycles. The minimum absolute atomic E-state index is 0.0836. The molecule has 1 aromatic heterocycles. The van der Waals surface area contributed by atoms with E-state index in [1.165, 1.54) is 11.3 Å². The van der Waals surface area contributed by atoms with Crippen molar-refractivity contribution in [1.29, 1.82) is 0 Å². The zero-order valence-electron chi connectivity index (χ0n) is 15.5. The quantitative estimate of drug-likeness (QED) is 0.756. The maximum atomic E-state index is 13.1. The molecule has 1 N–H and O–H groups in total. The molecule has 0 spiro atoms. The number of aromatic amines is 1. The molecule has 2 aliphatic heterocycles. The summed E-state index contributed by atoms with van der Waals surface area (Å²) in [7, 11) is 1.68. The molecule has 0 fully saturated rings. The van der Waals surface area contributed by atoms with Gasteiger partial charge in [0.1, 0.15) is 17.6 Å². The minimum atomic E-state index is 0.0836. The van der Waals surface area contributed by atoms with Crippen LogP contribution in [-0.4, -0.2) is 35.5 Å². The van der Waals surface area contributed by atoms with Gasteiger partial charge >= 0.3 is 0 Å². The third kappa shape index (κ3) is 2.65. The molecule has 3 heterocycles. The number of hydrogen-bond acceptors (Lipinski definition) is 3. The van der Waals surface area contributed by atoms with Crippen LogP contribution in [-0.2, 0) is 19.4 Å². The molecule has 2 aliphatic rings. The fourth-order valence-electron chi connectivity index (χ4n) is 4.23. The summed E-state index contributed by atoms with van der Waals surface area (Å²) in [5.74, 6) is 1.82. The molecule has 0 bridgehead atoms. The highest BCUT2D eigenvalue weighted by Crippen LogP contribution is 2.32. The lowest BCUT2D eigenvalue weighted by molar-refractivity contribution is 0.0735. The van der Waals surface area contributed by atoms with Crippen LogP contribution in [0.15, 0.2) is 36.4 Å². The van der Waals surface area contributed by atoms with Gasteiger partial charge in [0.25, 0.3) is 5.91 Å². The van der Waals surface area contributed by atoms with Crippen molar-refractivity contribution in [2.24, 2.45) is 0 Å². The zero-order valence-corrected chi connectivity index (χ0v) is 15.5. The summed E-state index contributed by atoms with van der Waals surface area (Å²) in [6.07, 6.45) is 1.88. The first-order valence-electron chi connectivity index (χ1n) is 9.38. The number of amides is 1. The molecule has 27 heavy (non-hydrogen) atoms. The van der Waals surface area contributed by atoms with E-state index in [1.807, 2.05) is 41.3 Å². The fraction of sp³-hybridized carbons (Fsp3) is 0.318. The molecule has 3 aromatic rings. The van der Waals surface area contributed by atoms with Crippen molar-refractivity contribution >= 4 is 16.8 Å². The van der Waals surface area contributed by atoms with E-state index in [0.717, 1.165) is 52.9 Å². The van der Waals surface area contributed by atoms with Gasteiger partial charge in [-0.1, -0.05) is 0 Å². The van der Waals surface area contributed by atoms with E-state index in [9.17, 15) is 4.79 Å². The van der Waals surface area contributed by atoms with Crippen LogP contribution in [0, 0.1) is 0 Å². The lowest BCUT2D eigenvalue weighted by atomic mass is 10.0. The molecule has 1 amide bonds. The number of benzene rings is 2. The molecule has 138 valence electrons. The third-order valence-corrected chi connectivity index (χ3v) is 5.61. The fourth-order valence-corrected chi connectivity index (χ4v) is 4.23. The average Bonchev–Trinajstić information content (AvgIpc) is 3.24. The third-order valence-electron chi connectivity index (χ3n) is 5.61. The molecular formula is C22H22N2O3. The predicted octanol–water partition coefficient (Wildman–Crippen LogP) is 3.70. The summed E-state index contributed by atoms with van der Waals surface area (Å²) in [4.78, 5) is 18.6. The Morgan fingerprint density at radius 3 is 3.00 bits per heavy atom. The number of nitrogens with zero attached hydrogens (tertiary/aromatic N) is 1. The van der Waals surface area contributed by atoms with Gasteiger partial charge in [0.2, 0.25) is 0 Å². The van der Waals surface area contributed by atoms with Gasteiger partial charge in [0, 0.05) is 53.7 Å². The highest BCUT2D eigenvalue weighted by molar-refractivity contribution is 5.95. The first-order chi connectivity index (χ1) is 13.1. The standard InChI is InChI=1S/C22H22N2O3/c1-13-9-15-10-14(3-6-21(15)27-13)22(25)24-8-7-20-18(12-24)17-11-16(26-2)4-5-19(17)23-20/h3-6,10-11,13,23H,7-9,12H2,1-2H3. The molecule has 0 aliphatic carbocycles. The Labute approximate surface area is 157 Å². The van der Waals surface area contributed by atoms with E-state index >= 15 is 0 Å². The van der Waals surface area contributed by atoms with Crippen molar-refractivity contribution in [3.63, 3.8) is 0 Å². The van der Waals surface area contributed by atoms with Crippen molar-refractivity contribution < 1.29 is 14.3 Å². The Morgan fingerprint density at radius 1 is 1.26 bits per heavy atom. The first kappa shape index (κ1) is 16.2. The minimum Gasteiger partial charge on any atom is -0.497 e. The molecule has 5 nitrogen and oxygen atoms in total. The number of methoxy groups -OCH3 is 1. The van der Waals surface area contributed by atoms with Crippen molar-refractivity contribution in [3.8, 4) is 11.5 Å². The smallest absolute Gasteiger partial charge is 0.254 e. The normalized spacial score (nSPS) is 18.1. The Balaban J connectivity index is 1.45. The number of carbonyl (C=O) groups is 1. The summed E-state index contributed by atoms with van der Waals surface area (Å²) in [6, 6.07) is 11.9. The lowest BCUT2D eigenvalue weighted by Gasteiger charge is -2.27. The second-order valence-electron chi connectivity index (χ2n) is 7.43. The van der Waals surface area contributed by atoms with Gasteiger partial charge in [0.15, 0.2) is 0 Å². The lowest BCUT2D eigenvalue weighted by Crippen LogP contribution is -2.35. The Hall–Kier alpha value is -2.95. The van der Waals surface area contributed by atoms with Crippen LogP contribution < -0.4 is 9.47 Å². The van der Waals surface area contributed by atoms with Gasteiger partial charge < -0.3 is 19.4 Å². The van der Waals surface area contributed by atoms with Gasteiger partial charge in [-0.3, -0.25) is 4.79 Å².